The third-order valence-electron chi connectivity index (χ3n) is 4.22. The fourth-order valence-electron chi connectivity index (χ4n) is 3.24. The number of hydrogen-bond acceptors (Lipinski definition) is 4. The lowest BCUT2D eigenvalue weighted by Gasteiger charge is -2.09. The summed E-state index contributed by atoms with van der Waals surface area (Å²) in [5, 5.41) is 15.8. The lowest BCUT2D eigenvalue weighted by atomic mass is 9.96. The van der Waals surface area contributed by atoms with Gasteiger partial charge in [0.2, 0.25) is 0 Å². The molecule has 5 nitrogen and oxygen atoms in total. The zero-order valence-electron chi connectivity index (χ0n) is 14.4. The third kappa shape index (κ3) is 2.91. The third-order valence-corrected chi connectivity index (χ3v) is 4.57. The van der Waals surface area contributed by atoms with Crippen LogP contribution in [0.2, 0.25) is 5.02 Å². The molecular formula is C19H17ClN2O3. The Morgan fingerprint density at radius 2 is 1.68 bits per heavy atom. The summed E-state index contributed by atoms with van der Waals surface area (Å²) in [4.78, 5) is 10.9. The quantitative estimate of drug-likeness (QED) is 0.439. The van der Waals surface area contributed by atoms with Crippen LogP contribution in [0.3, 0.4) is 0 Å². The van der Waals surface area contributed by atoms with Gasteiger partial charge in [-0.05, 0) is 44.4 Å². The van der Waals surface area contributed by atoms with Crippen molar-refractivity contribution in [1.29, 1.82) is 0 Å². The molecule has 0 spiro atoms. The average molecular weight is 357 g/mol. The number of benzene rings is 2. The van der Waals surface area contributed by atoms with E-state index in [1.54, 1.807) is 19.1 Å². The number of aromatic nitrogens is 1. The molecule has 0 saturated carbocycles. The summed E-state index contributed by atoms with van der Waals surface area (Å²) in [6.07, 6.45) is 0. The number of nitrogens with zero attached hydrogens (tertiary/aromatic N) is 2. The number of halogens is 1. The highest BCUT2D eigenvalue weighted by molar-refractivity contribution is 6.35. The summed E-state index contributed by atoms with van der Waals surface area (Å²) in [7, 11) is 0. The van der Waals surface area contributed by atoms with Gasteiger partial charge < -0.3 is 4.52 Å². The van der Waals surface area contributed by atoms with Gasteiger partial charge in [0.05, 0.1) is 4.92 Å². The molecule has 0 bridgehead atoms. The highest BCUT2D eigenvalue weighted by Crippen LogP contribution is 2.43. The molecule has 0 unspecified atom stereocenters. The van der Waals surface area contributed by atoms with Gasteiger partial charge in [0.1, 0.15) is 16.3 Å². The smallest absolute Gasteiger partial charge is 0.280 e. The summed E-state index contributed by atoms with van der Waals surface area (Å²) >= 11 is 6.55. The zero-order valence-corrected chi connectivity index (χ0v) is 15.1. The molecule has 0 radical (unpaired) electrons. The van der Waals surface area contributed by atoms with Crippen LogP contribution in [-0.2, 0) is 0 Å². The summed E-state index contributed by atoms with van der Waals surface area (Å²) in [6.45, 7) is 7.77. The SMILES string of the molecule is Cc1cc(C)c(-c2noc(-c3c(C)cccc3[N+](=O)[O-])c2Cl)c(C)c1. The van der Waals surface area contributed by atoms with Gasteiger partial charge in [0.15, 0.2) is 5.76 Å². The van der Waals surface area contributed by atoms with Crippen LogP contribution in [0.4, 0.5) is 5.69 Å². The first-order valence-electron chi connectivity index (χ1n) is 7.79. The Hall–Kier alpha value is -2.66. The number of aryl methyl sites for hydroxylation is 4. The maximum atomic E-state index is 11.4. The van der Waals surface area contributed by atoms with E-state index in [0.717, 1.165) is 22.3 Å². The normalized spacial score (nSPS) is 10.9. The molecule has 0 N–H and O–H groups in total. The highest BCUT2D eigenvalue weighted by Gasteiger charge is 2.27. The van der Waals surface area contributed by atoms with Crippen molar-refractivity contribution in [1.82, 2.24) is 5.16 Å². The van der Waals surface area contributed by atoms with Crippen LogP contribution in [0.5, 0.6) is 0 Å². The van der Waals surface area contributed by atoms with Crippen molar-refractivity contribution in [2.75, 3.05) is 0 Å². The Kier molecular flexibility index (Phi) is 4.35. The standard InChI is InChI=1S/C19H17ClN2O3/c1-10-8-12(3)15(13(4)9-10)18-17(20)19(25-21-18)16-11(2)6-5-7-14(16)22(23)24/h5-9H,1-4H3. The molecule has 3 rings (SSSR count). The van der Waals surface area contributed by atoms with E-state index in [0.29, 0.717) is 16.8 Å². The minimum atomic E-state index is -0.441. The fraction of sp³-hybridized carbons (Fsp3) is 0.211. The molecule has 0 atom stereocenters. The molecule has 0 aliphatic carbocycles. The Labute approximate surface area is 150 Å². The van der Waals surface area contributed by atoms with E-state index < -0.39 is 4.92 Å². The van der Waals surface area contributed by atoms with Gasteiger partial charge in [0, 0.05) is 11.6 Å². The number of nitro groups is 1. The van der Waals surface area contributed by atoms with Gasteiger partial charge in [-0.1, -0.05) is 46.6 Å². The molecule has 0 saturated heterocycles. The minimum Gasteiger partial charge on any atom is -0.354 e. The van der Waals surface area contributed by atoms with Crippen molar-refractivity contribution in [2.24, 2.45) is 0 Å². The van der Waals surface area contributed by atoms with Crippen molar-refractivity contribution in [3.8, 4) is 22.6 Å². The van der Waals surface area contributed by atoms with E-state index in [-0.39, 0.29) is 16.5 Å². The van der Waals surface area contributed by atoms with Crippen molar-refractivity contribution in [2.45, 2.75) is 27.7 Å². The average Bonchev–Trinajstić information content (AvgIpc) is 2.87. The van der Waals surface area contributed by atoms with E-state index in [4.69, 9.17) is 16.1 Å². The second kappa shape index (κ2) is 6.33. The van der Waals surface area contributed by atoms with Gasteiger partial charge in [0.25, 0.3) is 5.69 Å². The predicted molar refractivity (Wildman–Crippen MR) is 98.0 cm³/mol. The largest absolute Gasteiger partial charge is 0.354 e. The number of rotatable bonds is 3. The van der Waals surface area contributed by atoms with E-state index in [1.165, 1.54) is 6.07 Å². The van der Waals surface area contributed by atoms with Gasteiger partial charge in [-0.2, -0.15) is 0 Å². The highest BCUT2D eigenvalue weighted by atomic mass is 35.5. The summed E-state index contributed by atoms with van der Waals surface area (Å²) in [5.41, 5.74) is 5.60. The molecule has 0 fully saturated rings. The maximum Gasteiger partial charge on any atom is 0.280 e. The second-order valence-corrected chi connectivity index (χ2v) is 6.55. The summed E-state index contributed by atoms with van der Waals surface area (Å²) in [6, 6.07) is 8.94. The van der Waals surface area contributed by atoms with Crippen LogP contribution in [0.15, 0.2) is 34.9 Å². The van der Waals surface area contributed by atoms with E-state index >= 15 is 0 Å². The van der Waals surface area contributed by atoms with Gasteiger partial charge in [-0.3, -0.25) is 10.1 Å². The molecule has 0 aliphatic rings. The Morgan fingerprint density at radius 1 is 1.04 bits per heavy atom. The zero-order chi connectivity index (χ0) is 18.3. The summed E-state index contributed by atoms with van der Waals surface area (Å²) in [5.74, 6) is 0.223. The maximum absolute atomic E-state index is 11.4. The van der Waals surface area contributed by atoms with Gasteiger partial charge in [-0.15, -0.1) is 0 Å². The molecule has 6 heteroatoms. The van der Waals surface area contributed by atoms with Crippen LogP contribution >= 0.6 is 11.6 Å². The van der Waals surface area contributed by atoms with Gasteiger partial charge >= 0.3 is 0 Å². The van der Waals surface area contributed by atoms with E-state index in [9.17, 15) is 10.1 Å². The van der Waals surface area contributed by atoms with Crippen molar-refractivity contribution in [3.05, 3.63) is 67.7 Å². The van der Waals surface area contributed by atoms with Crippen LogP contribution in [-0.4, -0.2) is 10.1 Å². The molecular weight excluding hydrogens is 340 g/mol. The topological polar surface area (TPSA) is 69.2 Å². The lowest BCUT2D eigenvalue weighted by molar-refractivity contribution is -0.384. The number of nitro benzene ring substituents is 1. The first-order valence-corrected chi connectivity index (χ1v) is 8.16. The number of hydrogen-bond donors (Lipinski definition) is 0. The minimum absolute atomic E-state index is 0.0537. The van der Waals surface area contributed by atoms with Gasteiger partial charge in [-0.25, -0.2) is 0 Å². The molecule has 0 aliphatic heterocycles. The second-order valence-electron chi connectivity index (χ2n) is 6.17. The molecule has 1 aromatic heterocycles. The molecule has 0 amide bonds. The van der Waals surface area contributed by atoms with Crippen LogP contribution in [0.25, 0.3) is 22.6 Å². The van der Waals surface area contributed by atoms with Crippen molar-refractivity contribution in [3.63, 3.8) is 0 Å². The predicted octanol–water partition coefficient (Wildman–Crippen LogP) is 5.80. The molecule has 25 heavy (non-hydrogen) atoms. The van der Waals surface area contributed by atoms with Crippen molar-refractivity contribution >= 4 is 17.3 Å². The molecule has 1 heterocycles. The van der Waals surface area contributed by atoms with E-state index in [2.05, 4.69) is 5.16 Å². The Balaban J connectivity index is 2.25. The van der Waals surface area contributed by atoms with Crippen LogP contribution in [0, 0.1) is 37.8 Å². The van der Waals surface area contributed by atoms with Crippen LogP contribution in [0.1, 0.15) is 22.3 Å². The molecule has 2 aromatic carbocycles. The summed E-state index contributed by atoms with van der Waals surface area (Å²) < 4.78 is 5.46. The Bertz CT molecular complexity index is 969. The first kappa shape index (κ1) is 17.2. The molecule has 128 valence electrons. The monoisotopic (exact) mass is 356 g/mol. The fourth-order valence-corrected chi connectivity index (χ4v) is 3.50. The van der Waals surface area contributed by atoms with Crippen molar-refractivity contribution < 1.29 is 9.45 Å². The van der Waals surface area contributed by atoms with E-state index in [1.807, 2.05) is 32.9 Å². The lowest BCUT2D eigenvalue weighted by Crippen LogP contribution is -1.94. The Morgan fingerprint density at radius 3 is 2.28 bits per heavy atom. The first-order chi connectivity index (χ1) is 11.8. The van der Waals surface area contributed by atoms with Crippen LogP contribution < -0.4 is 0 Å². The molecule has 3 aromatic rings.